The largest absolute Gasteiger partial charge is 0.298 e. The number of allylic oxidation sites excluding steroid dienone is 9. The lowest BCUT2D eigenvalue weighted by molar-refractivity contribution is -0.104. The van der Waals surface area contributed by atoms with Crippen LogP contribution < -0.4 is 0 Å². The molecule has 2 aliphatic rings. The molecule has 0 radical (unpaired) electrons. The Labute approximate surface area is 96.6 Å². The van der Waals surface area contributed by atoms with Gasteiger partial charge in [0.25, 0.3) is 0 Å². The first kappa shape index (κ1) is 10.9. The van der Waals surface area contributed by atoms with Crippen molar-refractivity contribution in [1.82, 2.24) is 0 Å². The van der Waals surface area contributed by atoms with E-state index in [0.717, 1.165) is 29.4 Å². The Morgan fingerprint density at radius 3 is 2.81 bits per heavy atom. The second-order valence-corrected chi connectivity index (χ2v) is 4.48. The third-order valence-electron chi connectivity index (χ3n) is 3.26. The van der Waals surface area contributed by atoms with Crippen molar-refractivity contribution in [3.63, 3.8) is 0 Å². The van der Waals surface area contributed by atoms with Crippen molar-refractivity contribution in [2.24, 2.45) is 5.92 Å². The topological polar surface area (TPSA) is 17.1 Å². The fourth-order valence-electron chi connectivity index (χ4n) is 2.17. The third-order valence-corrected chi connectivity index (χ3v) is 3.26. The van der Waals surface area contributed by atoms with Gasteiger partial charge in [-0.05, 0) is 37.0 Å². The van der Waals surface area contributed by atoms with Crippen LogP contribution in [-0.4, -0.2) is 6.29 Å². The number of aldehydes is 1. The zero-order valence-corrected chi connectivity index (χ0v) is 9.79. The fourth-order valence-corrected chi connectivity index (χ4v) is 2.17. The van der Waals surface area contributed by atoms with Gasteiger partial charge in [0.05, 0.1) is 0 Å². The zero-order chi connectivity index (χ0) is 11.7. The maximum Gasteiger partial charge on any atom is 0.150 e. The van der Waals surface area contributed by atoms with Crippen LogP contribution in [0.1, 0.15) is 20.3 Å². The van der Waals surface area contributed by atoms with E-state index >= 15 is 0 Å². The maximum absolute atomic E-state index is 11.0. The predicted octanol–water partition coefficient (Wildman–Crippen LogP) is 3.52. The van der Waals surface area contributed by atoms with Gasteiger partial charge in [0.2, 0.25) is 0 Å². The monoisotopic (exact) mass is 212 g/mol. The highest BCUT2D eigenvalue weighted by Gasteiger charge is 2.21. The van der Waals surface area contributed by atoms with Crippen molar-refractivity contribution in [3.8, 4) is 0 Å². The molecule has 1 atom stereocenters. The minimum atomic E-state index is 0.345. The van der Waals surface area contributed by atoms with Crippen LogP contribution in [0.15, 0.2) is 58.7 Å². The summed E-state index contributed by atoms with van der Waals surface area (Å²) >= 11 is 0. The van der Waals surface area contributed by atoms with Crippen molar-refractivity contribution in [2.75, 3.05) is 0 Å². The fraction of sp³-hybridized carbons (Fsp3) is 0.267. The van der Waals surface area contributed by atoms with Crippen molar-refractivity contribution < 1.29 is 4.79 Å². The van der Waals surface area contributed by atoms with Gasteiger partial charge in [-0.1, -0.05) is 36.5 Å². The smallest absolute Gasteiger partial charge is 0.150 e. The lowest BCUT2D eigenvalue weighted by Gasteiger charge is -2.10. The molecule has 1 nitrogen and oxygen atoms in total. The summed E-state index contributed by atoms with van der Waals surface area (Å²) in [4.78, 5) is 11.0. The van der Waals surface area contributed by atoms with E-state index in [4.69, 9.17) is 0 Å². The molecule has 0 aromatic heterocycles. The standard InChI is InChI=1S/C15H16O/c1-10(2)12-5-4-11(3)14-7-6-13(9-16)15(14)8-12/h4,6-9,12H,1,5H2,2-3H3/t12-/m0/s1. The van der Waals surface area contributed by atoms with Crippen molar-refractivity contribution in [1.29, 1.82) is 0 Å². The average molecular weight is 212 g/mol. The number of fused-ring (bicyclic) bond motifs is 1. The van der Waals surface area contributed by atoms with Gasteiger partial charge in [-0.3, -0.25) is 4.79 Å². The minimum Gasteiger partial charge on any atom is -0.298 e. The van der Waals surface area contributed by atoms with Gasteiger partial charge in [0, 0.05) is 11.5 Å². The number of carbonyl (C=O) groups is 1. The first-order valence-electron chi connectivity index (χ1n) is 5.55. The van der Waals surface area contributed by atoms with Crippen LogP contribution in [0, 0.1) is 5.92 Å². The summed E-state index contributed by atoms with van der Waals surface area (Å²) in [5.41, 5.74) is 5.45. The summed E-state index contributed by atoms with van der Waals surface area (Å²) in [6.07, 6.45) is 10.2. The first-order valence-corrected chi connectivity index (χ1v) is 5.55. The van der Waals surface area contributed by atoms with Gasteiger partial charge in [-0.25, -0.2) is 0 Å². The summed E-state index contributed by atoms with van der Waals surface area (Å²) in [5.74, 6) is 0.345. The van der Waals surface area contributed by atoms with Crippen LogP contribution in [0.2, 0.25) is 0 Å². The summed E-state index contributed by atoms with van der Waals surface area (Å²) < 4.78 is 0. The van der Waals surface area contributed by atoms with Crippen LogP contribution in [-0.2, 0) is 4.79 Å². The number of carbonyl (C=O) groups excluding carboxylic acids is 1. The lowest BCUT2D eigenvalue weighted by Crippen LogP contribution is -1.97. The molecule has 82 valence electrons. The molecule has 2 rings (SSSR count). The molecule has 0 aromatic carbocycles. The van der Waals surface area contributed by atoms with E-state index in [9.17, 15) is 4.79 Å². The summed E-state index contributed by atoms with van der Waals surface area (Å²) in [5, 5.41) is 0. The molecular weight excluding hydrogens is 196 g/mol. The number of hydrogen-bond acceptors (Lipinski definition) is 1. The SMILES string of the molecule is C=C(C)[C@@H]1C=C2C(C=O)=CC=C2C(C)=CC1. The molecule has 0 spiro atoms. The Bertz CT molecular complexity index is 470. The molecule has 0 fully saturated rings. The molecule has 2 aliphatic carbocycles. The Morgan fingerprint density at radius 1 is 1.44 bits per heavy atom. The van der Waals surface area contributed by atoms with Crippen LogP contribution >= 0.6 is 0 Å². The molecule has 1 heteroatoms. The average Bonchev–Trinajstić information content (AvgIpc) is 2.58. The van der Waals surface area contributed by atoms with Crippen molar-refractivity contribution >= 4 is 6.29 Å². The minimum absolute atomic E-state index is 0.345. The van der Waals surface area contributed by atoms with Gasteiger partial charge < -0.3 is 0 Å². The molecule has 0 N–H and O–H groups in total. The second kappa shape index (κ2) is 4.09. The number of rotatable bonds is 2. The first-order chi connectivity index (χ1) is 7.63. The Hall–Kier alpha value is -1.63. The van der Waals surface area contributed by atoms with Crippen LogP contribution in [0.4, 0.5) is 0 Å². The molecule has 0 saturated heterocycles. The quantitative estimate of drug-likeness (QED) is 0.505. The Kier molecular flexibility index (Phi) is 2.78. The van der Waals surface area contributed by atoms with E-state index in [0.29, 0.717) is 5.92 Å². The third kappa shape index (κ3) is 1.73. The molecule has 0 aliphatic heterocycles. The summed E-state index contributed by atoms with van der Waals surface area (Å²) in [6.45, 7) is 8.15. The molecular formula is C15H16O. The molecule has 0 saturated carbocycles. The maximum atomic E-state index is 11.0. The van der Waals surface area contributed by atoms with Crippen molar-refractivity contribution in [3.05, 3.63) is 58.7 Å². The predicted molar refractivity (Wildman–Crippen MR) is 67.0 cm³/mol. The van der Waals surface area contributed by atoms with Gasteiger partial charge in [0.1, 0.15) is 0 Å². The molecule has 0 unspecified atom stereocenters. The second-order valence-electron chi connectivity index (χ2n) is 4.48. The lowest BCUT2D eigenvalue weighted by atomic mass is 9.94. The molecule has 0 bridgehead atoms. The van der Waals surface area contributed by atoms with Crippen LogP contribution in [0.5, 0.6) is 0 Å². The van der Waals surface area contributed by atoms with Crippen LogP contribution in [0.25, 0.3) is 0 Å². The van der Waals surface area contributed by atoms with Gasteiger partial charge in [0.15, 0.2) is 6.29 Å². The summed E-state index contributed by atoms with van der Waals surface area (Å²) in [6, 6.07) is 0. The van der Waals surface area contributed by atoms with E-state index < -0.39 is 0 Å². The van der Waals surface area contributed by atoms with E-state index in [1.165, 1.54) is 11.1 Å². The molecule has 16 heavy (non-hydrogen) atoms. The van der Waals surface area contributed by atoms with E-state index in [1.807, 2.05) is 19.1 Å². The van der Waals surface area contributed by atoms with Gasteiger partial charge >= 0.3 is 0 Å². The van der Waals surface area contributed by atoms with Crippen molar-refractivity contribution in [2.45, 2.75) is 20.3 Å². The molecule has 0 amide bonds. The van der Waals surface area contributed by atoms with Gasteiger partial charge in [-0.2, -0.15) is 0 Å². The zero-order valence-electron chi connectivity index (χ0n) is 9.79. The molecule has 0 heterocycles. The highest BCUT2D eigenvalue weighted by atomic mass is 16.1. The highest BCUT2D eigenvalue weighted by Crippen LogP contribution is 2.36. The summed E-state index contributed by atoms with van der Waals surface area (Å²) in [7, 11) is 0. The van der Waals surface area contributed by atoms with E-state index in [2.05, 4.69) is 25.7 Å². The highest BCUT2D eigenvalue weighted by molar-refractivity contribution is 5.87. The molecule has 0 aromatic rings. The van der Waals surface area contributed by atoms with E-state index in [1.54, 1.807) is 0 Å². The normalized spacial score (nSPS) is 23.5. The van der Waals surface area contributed by atoms with Gasteiger partial charge in [-0.15, -0.1) is 0 Å². The Morgan fingerprint density at radius 2 is 2.19 bits per heavy atom. The van der Waals surface area contributed by atoms with Crippen LogP contribution in [0.3, 0.4) is 0 Å². The Balaban J connectivity index is 2.47. The van der Waals surface area contributed by atoms with E-state index in [-0.39, 0.29) is 0 Å². The number of hydrogen-bond donors (Lipinski definition) is 0.